The van der Waals surface area contributed by atoms with Crippen molar-refractivity contribution in [2.45, 2.75) is 11.5 Å². The van der Waals surface area contributed by atoms with Crippen molar-refractivity contribution in [2.24, 2.45) is 0 Å². The van der Waals surface area contributed by atoms with E-state index in [0.717, 1.165) is 88.5 Å². The zero-order chi connectivity index (χ0) is 90.1. The lowest BCUT2D eigenvalue weighted by atomic mass is 10.1. The fourth-order valence-electron chi connectivity index (χ4n) is 14.1. The quantitative estimate of drug-likeness (QED) is 0.0481. The van der Waals surface area contributed by atoms with Gasteiger partial charge in [-0.25, -0.2) is 83.2 Å². The van der Waals surface area contributed by atoms with Crippen LogP contribution in [0.4, 0.5) is 29.1 Å². The number of aromatic amines is 5. The number of aliphatic hydroxyl groups is 1. The molecule has 35 heteroatoms. The number of nitrogens with two attached hydrogens (primary N) is 5. The summed E-state index contributed by atoms with van der Waals surface area (Å²) in [6, 6.07) is 74.0. The normalized spacial score (nSPS) is 11.9. The van der Waals surface area contributed by atoms with Gasteiger partial charge in [0.2, 0.25) is 0 Å². The minimum Gasteiger partial charge on any atom is -0.508 e. The number of phenols is 1. The van der Waals surface area contributed by atoms with Crippen LogP contribution in [0, 0.1) is 0 Å². The Kier molecular flexibility index (Phi) is 24.2. The fraction of sp³-hybridized carbons (Fsp3) is 0.0842. The summed E-state index contributed by atoms with van der Waals surface area (Å²) < 4.78 is 28.5. The number of amides is 2. The topological polar surface area (TPSA) is 527 Å². The summed E-state index contributed by atoms with van der Waals surface area (Å²) in [5, 5.41) is 19.1. The van der Waals surface area contributed by atoms with Crippen LogP contribution >= 0.6 is 0 Å². The van der Waals surface area contributed by atoms with Crippen LogP contribution in [-0.2, 0) is 21.2 Å². The Morgan fingerprint density at radius 1 is 0.392 bits per heavy atom. The largest absolute Gasteiger partial charge is 0.508 e. The van der Waals surface area contributed by atoms with Gasteiger partial charge in [-0.2, -0.15) is 0 Å². The second-order valence-corrected chi connectivity index (χ2v) is 31.9. The Hall–Kier alpha value is -17.4. The molecule has 10 aromatic heterocycles. The van der Waals surface area contributed by atoms with Gasteiger partial charge in [0.05, 0.1) is 139 Å². The van der Waals surface area contributed by atoms with E-state index in [4.69, 9.17) is 38.4 Å². The lowest BCUT2D eigenvalue weighted by molar-refractivity contribution is 0.0303. The van der Waals surface area contributed by atoms with Crippen LogP contribution < -0.4 is 28.7 Å². The number of rotatable bonds is 14. The number of para-hydroxylation sites is 10. The molecule has 11 heterocycles. The number of nitrogens with zero attached hydrogens (tertiary/aromatic N) is 17. The van der Waals surface area contributed by atoms with E-state index in [9.17, 15) is 28.2 Å². The van der Waals surface area contributed by atoms with E-state index in [2.05, 4.69) is 94.7 Å². The van der Waals surface area contributed by atoms with Crippen molar-refractivity contribution in [1.29, 1.82) is 0 Å². The molecule has 10 aromatic carbocycles. The predicted molar refractivity (Wildman–Crippen MR) is 526 cm³/mol. The molecule has 17 N–H and O–H groups in total. The van der Waals surface area contributed by atoms with Gasteiger partial charge in [0.15, 0.2) is 68.0 Å². The van der Waals surface area contributed by atoms with E-state index in [1.54, 1.807) is 105 Å². The number of nitrogen functional groups attached to an aromatic ring is 5. The Morgan fingerprint density at radius 3 is 1.08 bits per heavy atom. The number of aliphatic hydroxyl groups excluding tert-OH is 1. The van der Waals surface area contributed by atoms with Gasteiger partial charge in [0.25, 0.3) is 11.8 Å². The van der Waals surface area contributed by atoms with Gasteiger partial charge < -0.3 is 78.3 Å². The zero-order valence-corrected chi connectivity index (χ0v) is 70.7. The molecule has 0 aliphatic carbocycles. The number of sulfone groups is 1. The van der Waals surface area contributed by atoms with E-state index in [0.29, 0.717) is 147 Å². The van der Waals surface area contributed by atoms with E-state index in [-0.39, 0.29) is 52.0 Å². The van der Waals surface area contributed by atoms with Gasteiger partial charge >= 0.3 is 0 Å². The highest BCUT2D eigenvalue weighted by molar-refractivity contribution is 7.90. The Morgan fingerprint density at radius 2 is 0.723 bits per heavy atom. The molecule has 0 bridgehead atoms. The lowest BCUT2D eigenvalue weighted by Gasteiger charge is -2.27. The molecule has 2 amide bonds. The number of phenolic OH excluding ortho intramolecular Hbond substituents is 1. The number of aromatic nitrogens is 20. The predicted octanol–water partition coefficient (Wildman–Crippen LogP) is 17.1. The third-order valence-electron chi connectivity index (χ3n) is 20.8. The summed E-state index contributed by atoms with van der Waals surface area (Å²) in [7, 11) is 0.202. The number of aromatic hydroxyl groups is 1. The average Bonchev–Trinajstić information content (AvgIpc) is 1.55. The molecule has 0 spiro atoms. The van der Waals surface area contributed by atoms with Crippen molar-refractivity contribution in [2.75, 3.05) is 75.3 Å². The molecule has 1 fully saturated rings. The molecule has 0 unspecified atom stereocenters. The molecule has 1 aliphatic heterocycles. The number of carbonyl (C=O) groups is 2. The summed E-state index contributed by atoms with van der Waals surface area (Å²) in [6.07, 6.45) is 9.14. The summed E-state index contributed by atoms with van der Waals surface area (Å²) in [6.45, 7) is 2.26. The second-order valence-electron chi connectivity index (χ2n) is 29.9. The van der Waals surface area contributed by atoms with Crippen molar-refractivity contribution >= 4 is 106 Å². The number of nitrogens with one attached hydrogen (secondary N) is 5. The van der Waals surface area contributed by atoms with Gasteiger partial charge in [-0.1, -0.05) is 133 Å². The lowest BCUT2D eigenvalue weighted by Crippen LogP contribution is -2.40. The van der Waals surface area contributed by atoms with E-state index in [1.807, 2.05) is 188 Å². The van der Waals surface area contributed by atoms with Crippen LogP contribution in [-0.4, -0.2) is 187 Å². The van der Waals surface area contributed by atoms with Gasteiger partial charge in [-0.3, -0.25) is 9.59 Å². The molecule has 1 saturated heterocycles. The van der Waals surface area contributed by atoms with Gasteiger partial charge in [-0.05, 0) is 115 Å². The van der Waals surface area contributed by atoms with Gasteiger partial charge in [-0.15, -0.1) is 0 Å². The highest BCUT2D eigenvalue weighted by Gasteiger charge is 2.24. The number of hydrogen-bond acceptors (Lipinski definition) is 27. The number of imidazole rings is 5. The number of ether oxygens (including phenoxy) is 1. The Labute approximate surface area is 758 Å². The number of carbonyl (C=O) groups excluding carboxylic acids is 2. The van der Waals surface area contributed by atoms with Gasteiger partial charge in [0, 0.05) is 89.5 Å². The highest BCUT2D eigenvalue weighted by atomic mass is 32.2. The van der Waals surface area contributed by atoms with E-state index < -0.39 is 9.84 Å². The maximum Gasteiger partial charge on any atom is 0.254 e. The molecule has 130 heavy (non-hydrogen) atoms. The molecule has 0 atom stereocenters. The number of hydrogen-bond donors (Lipinski definition) is 12. The first-order valence-electron chi connectivity index (χ1n) is 40.6. The third kappa shape index (κ3) is 18.8. The Balaban J connectivity index is 0.000000307. The average molecular weight is 1770 g/mol. The molecule has 21 rings (SSSR count). The van der Waals surface area contributed by atoms with Crippen LogP contribution in [0.25, 0.3) is 169 Å². The first-order chi connectivity index (χ1) is 63.1. The summed E-state index contributed by atoms with van der Waals surface area (Å²) in [5.74, 6) is 4.38. The number of anilines is 5. The molecule has 0 radical (unpaired) electrons. The third-order valence-corrected chi connectivity index (χ3v) is 21.9. The minimum atomic E-state index is -3.25. The van der Waals surface area contributed by atoms with Crippen molar-refractivity contribution in [3.8, 4) is 120 Å². The minimum absolute atomic E-state index is 0. The van der Waals surface area contributed by atoms with Crippen LogP contribution in [0.3, 0.4) is 0 Å². The van der Waals surface area contributed by atoms with Crippen LogP contribution in [0.2, 0.25) is 0 Å². The maximum absolute atomic E-state index is 12.8. The van der Waals surface area contributed by atoms with Crippen molar-refractivity contribution in [3.05, 3.63) is 290 Å². The number of morpholine rings is 1. The van der Waals surface area contributed by atoms with Crippen LogP contribution in [0.1, 0.15) is 43.4 Å². The molecular formula is C95H105N27O7S. The second kappa shape index (κ2) is 37.2. The van der Waals surface area contributed by atoms with Gasteiger partial charge in [0.1, 0.15) is 34.2 Å². The maximum atomic E-state index is 12.8. The molecule has 34 nitrogen and oxygen atoms in total. The van der Waals surface area contributed by atoms with Crippen molar-refractivity contribution in [3.63, 3.8) is 0 Å². The molecule has 0 saturated carbocycles. The van der Waals surface area contributed by atoms with E-state index in [1.165, 1.54) is 11.2 Å². The highest BCUT2D eigenvalue weighted by Crippen LogP contribution is 2.35. The fourth-order valence-corrected chi connectivity index (χ4v) is 14.8. The molecular weight excluding hydrogens is 1660 g/mol. The monoisotopic (exact) mass is 1770 g/mol. The first-order valence-corrected chi connectivity index (χ1v) is 42.5. The number of benzene rings is 10. The van der Waals surface area contributed by atoms with Crippen LogP contribution in [0.15, 0.2) is 279 Å². The summed E-state index contributed by atoms with van der Waals surface area (Å²) in [4.78, 5) is 112. The Bertz CT molecular complexity index is 7600. The zero-order valence-electron chi connectivity index (χ0n) is 69.8. The molecule has 1 aliphatic rings. The van der Waals surface area contributed by atoms with E-state index >= 15 is 0 Å². The van der Waals surface area contributed by atoms with Crippen molar-refractivity contribution in [1.82, 2.24) is 109 Å². The molecule has 668 valence electrons. The summed E-state index contributed by atoms with van der Waals surface area (Å²) >= 11 is 0. The summed E-state index contributed by atoms with van der Waals surface area (Å²) in [5.41, 5.74) is 50.3. The SMILES string of the molecule is CN(C)C(=O)c1ccc(-c2cnc(N)c(-c3nc4ccccc4[nH]3)n2)cc1.CS(=O)(=O)c1ccc(-c2cnc(N)c(-c3nc4ccccc4[nH]3)n2)cc1.Nc1ncc(-c2cccc(C(=O)N3CCOCC3)c2)nc1-c1nc2ccccc2[nH]1.Nc1ncc(-c2cccc(O)c2)nc1-c1nc2ccccc2[nH]1.Nc1ncc(-c2ccccc2CO)nc1-c1nc2ccccc2[nH]1.[HH].[HH].[HH].[HH].[HH].[HH].[HH].[HH].[HH].[HH].[HH].[HH]. The smallest absolute Gasteiger partial charge is 0.254 e. The number of H-pyrrole nitrogens is 5. The van der Waals surface area contributed by atoms with Crippen molar-refractivity contribution < 1.29 is 50.1 Å². The van der Waals surface area contributed by atoms with Crippen LogP contribution in [0.5, 0.6) is 5.75 Å². The standard InChI is InChI=1S/C22H20N6O2.C20H18N6O.C18H15N5O2S.C18H15N5O.C17H13N5O.12H2/c23-20-19(21-26-16-6-1-2-7-17(16)27-21)25-18(13-24-20)14-4-3-5-15(12-14)22(29)28-8-10-30-11-9-28;1-26(2)20(27)13-9-7-12(8-10-13)16-11-22-18(21)17(23-16)19-24-14-5-3-4-6-15(14)25-19;1-26(24,25)12-8-6-11(7-9-12)15-10-20-17(19)16(21-15)18-22-13-4-2-3-5-14(13)23-18;19-17-16(18-22-13-7-3-4-8-14(13)23-18)21-15(9-20-17)12-6-2-1-5-11(12)10-24;18-16-15(17-21-12-6-1-2-7-13(12)22-17)20-14(9-19-16)10-4-3-5-11(23)8-10;;;;;;;;;;;;/h1-7,12-13H,8-11H2,(H2,23,24)(H,26,27);3-11H,1-2H3,(H2,21,22)(H,24,25);2-10H,1H3,(H2,19,20)(H,22,23);1-9,24H,10H2,(H2,19,20)(H,22,23);1-9,23H,(H2,18,19)(H,21,22);12*1H. The molecule has 20 aromatic rings. The number of fused-ring (bicyclic) bond motifs is 5. The first kappa shape index (κ1) is 84.8.